The van der Waals surface area contributed by atoms with Gasteiger partial charge in [0.1, 0.15) is 16.5 Å². The van der Waals surface area contributed by atoms with E-state index in [4.69, 9.17) is 4.74 Å². The summed E-state index contributed by atoms with van der Waals surface area (Å²) in [6.45, 7) is 0. The third kappa shape index (κ3) is 4.15. The molecule has 1 atom stereocenters. The summed E-state index contributed by atoms with van der Waals surface area (Å²) in [5, 5.41) is 1.86. The maximum atomic E-state index is 13.3. The zero-order chi connectivity index (χ0) is 18.7. The fourth-order valence-electron chi connectivity index (χ4n) is 2.48. The van der Waals surface area contributed by atoms with E-state index in [1.807, 2.05) is 17.5 Å². The first kappa shape index (κ1) is 19.0. The fourth-order valence-corrected chi connectivity index (χ4v) is 5.27. The number of hydrogen-bond acceptors (Lipinski definition) is 4. The molecule has 0 aliphatic rings. The van der Waals surface area contributed by atoms with Crippen molar-refractivity contribution in [3.8, 4) is 5.75 Å². The van der Waals surface area contributed by atoms with Crippen LogP contribution in [0.4, 0.5) is 4.39 Å². The highest BCUT2D eigenvalue weighted by Crippen LogP contribution is 2.32. The number of benzene rings is 2. The van der Waals surface area contributed by atoms with E-state index in [1.54, 1.807) is 24.3 Å². The molecular weight excluding hydrogens is 441 g/mol. The fraction of sp³-hybridized carbons (Fsp3) is 0.111. The molecule has 1 aromatic heterocycles. The van der Waals surface area contributed by atoms with Crippen LogP contribution in [0.15, 0.2) is 69.3 Å². The molecule has 1 heterocycles. The van der Waals surface area contributed by atoms with E-state index in [9.17, 15) is 12.8 Å². The zero-order valence-corrected chi connectivity index (χ0v) is 16.9. The number of methoxy groups -OCH3 is 1. The molecule has 0 aliphatic heterocycles. The van der Waals surface area contributed by atoms with Crippen LogP contribution in [-0.2, 0) is 10.0 Å². The lowest BCUT2D eigenvalue weighted by atomic mass is 10.1. The SMILES string of the molecule is COc1ccc(Br)cc1S(=O)(=O)NC(c1ccc(F)cc1)c1cccs1. The lowest BCUT2D eigenvalue weighted by Crippen LogP contribution is -2.29. The largest absolute Gasteiger partial charge is 0.495 e. The van der Waals surface area contributed by atoms with Gasteiger partial charge in [0.25, 0.3) is 0 Å². The summed E-state index contributed by atoms with van der Waals surface area (Å²) in [4.78, 5) is 0.826. The van der Waals surface area contributed by atoms with E-state index in [-0.39, 0.29) is 16.5 Å². The maximum Gasteiger partial charge on any atom is 0.245 e. The van der Waals surface area contributed by atoms with Gasteiger partial charge >= 0.3 is 0 Å². The summed E-state index contributed by atoms with van der Waals surface area (Å²) in [6.07, 6.45) is 0. The predicted molar refractivity (Wildman–Crippen MR) is 104 cm³/mol. The van der Waals surface area contributed by atoms with Crippen molar-refractivity contribution in [1.82, 2.24) is 4.72 Å². The smallest absolute Gasteiger partial charge is 0.245 e. The van der Waals surface area contributed by atoms with E-state index in [2.05, 4.69) is 20.7 Å². The van der Waals surface area contributed by atoms with Gasteiger partial charge in [-0.3, -0.25) is 0 Å². The highest BCUT2D eigenvalue weighted by molar-refractivity contribution is 9.10. The average Bonchev–Trinajstić information content (AvgIpc) is 3.15. The Morgan fingerprint density at radius 1 is 1.15 bits per heavy atom. The second-order valence-electron chi connectivity index (χ2n) is 5.42. The van der Waals surface area contributed by atoms with E-state index in [0.29, 0.717) is 10.0 Å². The van der Waals surface area contributed by atoms with Crippen LogP contribution >= 0.6 is 27.3 Å². The molecule has 2 aromatic carbocycles. The van der Waals surface area contributed by atoms with E-state index in [1.165, 1.54) is 36.6 Å². The summed E-state index contributed by atoms with van der Waals surface area (Å²) in [6, 6.07) is 13.6. The summed E-state index contributed by atoms with van der Waals surface area (Å²) in [5.74, 6) is -0.139. The van der Waals surface area contributed by atoms with Crippen LogP contribution in [-0.4, -0.2) is 15.5 Å². The number of hydrogen-bond donors (Lipinski definition) is 1. The Morgan fingerprint density at radius 3 is 2.50 bits per heavy atom. The zero-order valence-electron chi connectivity index (χ0n) is 13.6. The highest BCUT2D eigenvalue weighted by Gasteiger charge is 2.26. The lowest BCUT2D eigenvalue weighted by molar-refractivity contribution is 0.402. The quantitative estimate of drug-likeness (QED) is 0.584. The van der Waals surface area contributed by atoms with Gasteiger partial charge in [-0.1, -0.05) is 34.1 Å². The third-order valence-electron chi connectivity index (χ3n) is 3.72. The van der Waals surface area contributed by atoms with Crippen molar-refractivity contribution < 1.29 is 17.5 Å². The Morgan fingerprint density at radius 2 is 1.88 bits per heavy atom. The Labute approximate surface area is 163 Å². The molecule has 3 rings (SSSR count). The lowest BCUT2D eigenvalue weighted by Gasteiger charge is -2.19. The van der Waals surface area contributed by atoms with Gasteiger partial charge in [-0.15, -0.1) is 11.3 Å². The minimum atomic E-state index is -3.90. The summed E-state index contributed by atoms with van der Waals surface area (Å²) in [7, 11) is -2.49. The van der Waals surface area contributed by atoms with Crippen LogP contribution in [0.2, 0.25) is 0 Å². The molecule has 0 fully saturated rings. The van der Waals surface area contributed by atoms with Crippen LogP contribution in [0, 0.1) is 5.82 Å². The second-order valence-corrected chi connectivity index (χ2v) is 8.99. The number of thiophene rings is 1. The van der Waals surface area contributed by atoms with Gasteiger partial charge in [0.05, 0.1) is 13.2 Å². The number of ether oxygens (including phenoxy) is 1. The van der Waals surface area contributed by atoms with Crippen LogP contribution < -0.4 is 9.46 Å². The molecule has 26 heavy (non-hydrogen) atoms. The van der Waals surface area contributed by atoms with Gasteiger partial charge in [-0.25, -0.2) is 12.8 Å². The molecule has 0 radical (unpaired) electrons. The molecule has 136 valence electrons. The summed E-state index contributed by atoms with van der Waals surface area (Å²) < 4.78 is 47.9. The van der Waals surface area contributed by atoms with Crippen LogP contribution in [0.3, 0.4) is 0 Å². The van der Waals surface area contributed by atoms with Crippen molar-refractivity contribution in [2.75, 3.05) is 7.11 Å². The molecule has 0 saturated carbocycles. The molecule has 1 unspecified atom stereocenters. The maximum absolute atomic E-state index is 13.3. The summed E-state index contributed by atoms with van der Waals surface area (Å²) in [5.41, 5.74) is 0.645. The molecule has 1 N–H and O–H groups in total. The predicted octanol–water partition coefficient (Wildman–Crippen LogP) is 4.73. The minimum absolute atomic E-state index is 0.0260. The van der Waals surface area contributed by atoms with Gasteiger partial charge in [-0.05, 0) is 47.3 Å². The van der Waals surface area contributed by atoms with Gasteiger partial charge in [-0.2, -0.15) is 4.72 Å². The standard InChI is InChI=1S/C18H15BrFNO3S2/c1-24-15-9-6-13(19)11-17(15)26(22,23)21-18(16-3-2-10-25-16)12-4-7-14(20)8-5-12/h2-11,18,21H,1H3. The van der Waals surface area contributed by atoms with Crippen LogP contribution in [0.25, 0.3) is 0 Å². The van der Waals surface area contributed by atoms with Gasteiger partial charge in [0, 0.05) is 9.35 Å². The Hall–Kier alpha value is -1.74. The summed E-state index contributed by atoms with van der Waals surface area (Å²) >= 11 is 4.71. The van der Waals surface area contributed by atoms with E-state index >= 15 is 0 Å². The molecule has 0 amide bonds. The van der Waals surface area contributed by atoms with Crippen molar-refractivity contribution in [1.29, 1.82) is 0 Å². The first-order valence-electron chi connectivity index (χ1n) is 7.55. The number of halogens is 2. The number of sulfonamides is 1. The van der Waals surface area contributed by atoms with Crippen molar-refractivity contribution >= 4 is 37.3 Å². The van der Waals surface area contributed by atoms with Gasteiger partial charge < -0.3 is 4.74 Å². The third-order valence-corrected chi connectivity index (χ3v) is 6.59. The topological polar surface area (TPSA) is 55.4 Å². The van der Waals surface area contributed by atoms with Crippen LogP contribution in [0.1, 0.15) is 16.5 Å². The first-order chi connectivity index (χ1) is 12.4. The normalized spacial score (nSPS) is 12.7. The molecule has 0 aliphatic carbocycles. The second kappa shape index (κ2) is 7.87. The Bertz CT molecular complexity index is 990. The van der Waals surface area contributed by atoms with Gasteiger partial charge in [0.15, 0.2) is 0 Å². The number of nitrogens with one attached hydrogen (secondary N) is 1. The van der Waals surface area contributed by atoms with E-state index in [0.717, 1.165) is 4.88 Å². The van der Waals surface area contributed by atoms with Crippen LogP contribution in [0.5, 0.6) is 5.75 Å². The van der Waals surface area contributed by atoms with Crippen molar-refractivity contribution in [2.45, 2.75) is 10.9 Å². The van der Waals surface area contributed by atoms with Gasteiger partial charge in [0.2, 0.25) is 10.0 Å². The number of rotatable bonds is 6. The molecule has 0 spiro atoms. The van der Waals surface area contributed by atoms with Crippen molar-refractivity contribution in [3.63, 3.8) is 0 Å². The molecular formula is C18H15BrFNO3S2. The highest BCUT2D eigenvalue weighted by atomic mass is 79.9. The molecule has 4 nitrogen and oxygen atoms in total. The molecule has 0 bridgehead atoms. The Balaban J connectivity index is 2.04. The average molecular weight is 456 g/mol. The molecule has 0 saturated heterocycles. The first-order valence-corrected chi connectivity index (χ1v) is 10.7. The molecule has 8 heteroatoms. The minimum Gasteiger partial charge on any atom is -0.495 e. The van der Waals surface area contributed by atoms with Crippen molar-refractivity contribution in [2.24, 2.45) is 0 Å². The monoisotopic (exact) mass is 455 g/mol. The molecule has 3 aromatic rings. The van der Waals surface area contributed by atoms with Crippen molar-refractivity contribution in [3.05, 3.63) is 80.7 Å². The Kier molecular flexibility index (Phi) is 5.76. The van der Waals surface area contributed by atoms with E-state index < -0.39 is 16.1 Å².